The number of halogens is 4. The van der Waals surface area contributed by atoms with Gasteiger partial charge in [0.15, 0.2) is 5.60 Å². The summed E-state index contributed by atoms with van der Waals surface area (Å²) in [6.45, 7) is 1.59. The van der Waals surface area contributed by atoms with Gasteiger partial charge in [-0.25, -0.2) is 4.89 Å². The zero-order chi connectivity index (χ0) is 29.7. The van der Waals surface area contributed by atoms with Crippen molar-refractivity contribution in [3.8, 4) is 5.75 Å². The maximum atomic E-state index is 13.6. The highest BCUT2D eigenvalue weighted by atomic mass is 35.5. The van der Waals surface area contributed by atoms with E-state index in [1.165, 1.54) is 6.07 Å². The van der Waals surface area contributed by atoms with Gasteiger partial charge in [-0.1, -0.05) is 32.4 Å². The van der Waals surface area contributed by atoms with Crippen LogP contribution in [0.25, 0.3) is 0 Å². The Hall–Kier alpha value is -1.22. The lowest BCUT2D eigenvalue weighted by Crippen LogP contribution is -2.75. The molecule has 5 rings (SSSR count). The quantitative estimate of drug-likeness (QED) is 0.259. The van der Waals surface area contributed by atoms with E-state index in [4.69, 9.17) is 35.6 Å². The van der Waals surface area contributed by atoms with Gasteiger partial charge in [-0.3, -0.25) is 0 Å². The van der Waals surface area contributed by atoms with Gasteiger partial charge in [0.1, 0.15) is 36.8 Å². The van der Waals surface area contributed by atoms with Crippen LogP contribution in [-0.2, 0) is 31.5 Å². The van der Waals surface area contributed by atoms with E-state index in [1.807, 2.05) is 13.8 Å². The number of hydrogen-bond acceptors (Lipinski definition) is 9. The first kappa shape index (κ1) is 31.2. The molecule has 0 aromatic heterocycles. The topological polar surface area (TPSA) is 127 Å². The molecule has 11 atom stereocenters. The lowest BCUT2D eigenvalue weighted by molar-refractivity contribution is -0.646. The van der Waals surface area contributed by atoms with Gasteiger partial charge in [-0.05, 0) is 61.5 Å². The first-order valence-electron chi connectivity index (χ1n) is 14.2. The van der Waals surface area contributed by atoms with E-state index in [9.17, 15) is 33.6 Å². The Balaban J connectivity index is 1.56. The Kier molecular flexibility index (Phi) is 8.91. The summed E-state index contributed by atoms with van der Waals surface area (Å²) < 4.78 is 58.1. The van der Waals surface area contributed by atoms with Crippen LogP contribution in [0.4, 0.5) is 13.2 Å². The largest absolute Gasteiger partial charge is 0.462 e. The molecule has 6 unspecified atom stereocenters. The zero-order valence-corrected chi connectivity index (χ0v) is 23.7. The van der Waals surface area contributed by atoms with Crippen LogP contribution in [0.2, 0.25) is 0 Å². The Bertz CT molecular complexity index is 1070. The SMILES string of the molecule is CCc1ccc(C2(OCC(F)(F)F)OOC23C(CC)CC2CC(Cl)CC3C2)cc1O[C@@H]1O[C@H](CO)[C@@H](O)[C@H](O)[C@H]1O. The number of ether oxygens (including phenoxy) is 3. The number of alkyl halides is 4. The molecule has 4 aliphatic rings. The first-order chi connectivity index (χ1) is 19.4. The number of benzene rings is 1. The molecule has 0 radical (unpaired) electrons. The molecule has 2 heterocycles. The molecule has 1 aromatic carbocycles. The number of aryl methyl sites for hydroxylation is 1. The molecule has 2 aliphatic heterocycles. The third kappa shape index (κ3) is 5.38. The Morgan fingerprint density at radius 1 is 1.02 bits per heavy atom. The second-order valence-corrected chi connectivity index (χ2v) is 12.3. The van der Waals surface area contributed by atoms with Crippen molar-refractivity contribution < 1.29 is 57.6 Å². The lowest BCUT2D eigenvalue weighted by Gasteiger charge is -2.65. The van der Waals surface area contributed by atoms with Crippen LogP contribution in [0, 0.1) is 17.8 Å². The predicted molar refractivity (Wildman–Crippen MR) is 138 cm³/mol. The number of fused-ring (bicyclic) bond motifs is 3. The molecule has 1 spiro atoms. The van der Waals surface area contributed by atoms with Crippen LogP contribution in [0.1, 0.15) is 57.1 Å². The van der Waals surface area contributed by atoms with Crippen LogP contribution in [-0.4, -0.2) is 81.5 Å². The van der Waals surface area contributed by atoms with Gasteiger partial charge >= 0.3 is 6.18 Å². The van der Waals surface area contributed by atoms with Crippen molar-refractivity contribution in [3.05, 3.63) is 29.3 Å². The molecule has 2 saturated carbocycles. The highest BCUT2D eigenvalue weighted by Crippen LogP contribution is 2.65. The molecule has 2 aliphatic carbocycles. The van der Waals surface area contributed by atoms with E-state index in [0.717, 1.165) is 12.8 Å². The maximum Gasteiger partial charge on any atom is 0.411 e. The summed E-state index contributed by atoms with van der Waals surface area (Å²) in [6, 6.07) is 4.78. The van der Waals surface area contributed by atoms with Crippen molar-refractivity contribution in [1.82, 2.24) is 0 Å². The Morgan fingerprint density at radius 3 is 2.39 bits per heavy atom. The van der Waals surface area contributed by atoms with Crippen molar-refractivity contribution in [1.29, 1.82) is 0 Å². The third-order valence-corrected chi connectivity index (χ3v) is 9.60. The highest BCUT2D eigenvalue weighted by molar-refractivity contribution is 6.20. The standard InChI is InChI=1S/C28H38ClF3O9/c1-3-15-5-6-17(11-20(15)38-25-24(36)23(35)22(34)21(12-33)39-25)28(37-13-26(30,31)32)27(40-41-28)16(4-2)7-14-8-18(27)10-19(29)9-14/h5-6,11,14,16,18-19,21-25,33-36H,3-4,7-10,12-13H2,1-2H3/t14?,16?,18?,19?,21-,22-,23+,24-,25-,27?,28?/m1/s1. The van der Waals surface area contributed by atoms with Gasteiger partial charge < -0.3 is 34.6 Å². The molecule has 1 aromatic rings. The monoisotopic (exact) mass is 610 g/mol. The summed E-state index contributed by atoms with van der Waals surface area (Å²) >= 11 is 6.61. The van der Waals surface area contributed by atoms with Crippen molar-refractivity contribution in [2.24, 2.45) is 17.8 Å². The van der Waals surface area contributed by atoms with E-state index >= 15 is 0 Å². The fourth-order valence-electron chi connectivity index (χ4n) is 7.30. The third-order valence-electron chi connectivity index (χ3n) is 9.24. The van der Waals surface area contributed by atoms with Crippen molar-refractivity contribution in [2.45, 2.75) is 106 Å². The van der Waals surface area contributed by atoms with Crippen LogP contribution >= 0.6 is 11.6 Å². The Labute approximate surface area is 241 Å². The van der Waals surface area contributed by atoms with Gasteiger partial charge in [0.2, 0.25) is 6.29 Å². The second kappa shape index (κ2) is 11.7. The molecule has 2 saturated heterocycles. The predicted octanol–water partition coefficient (Wildman–Crippen LogP) is 3.31. The molecule has 4 N–H and O–H groups in total. The minimum absolute atomic E-state index is 0.148. The normalized spacial score (nSPS) is 42.6. The van der Waals surface area contributed by atoms with Gasteiger partial charge in [-0.15, -0.1) is 11.6 Å². The molecule has 2 bridgehead atoms. The van der Waals surface area contributed by atoms with E-state index < -0.39 is 61.5 Å². The van der Waals surface area contributed by atoms with E-state index in [2.05, 4.69) is 0 Å². The molecular weight excluding hydrogens is 573 g/mol. The van der Waals surface area contributed by atoms with Crippen LogP contribution in [0.3, 0.4) is 0 Å². The Morgan fingerprint density at radius 2 is 1.78 bits per heavy atom. The summed E-state index contributed by atoms with van der Waals surface area (Å²) in [5, 5.41) is 40.3. The summed E-state index contributed by atoms with van der Waals surface area (Å²) in [6.07, 6.45) is -8.37. The minimum atomic E-state index is -4.65. The zero-order valence-electron chi connectivity index (χ0n) is 22.9. The molecule has 232 valence electrons. The summed E-state index contributed by atoms with van der Waals surface area (Å²) in [5.74, 6) is -1.84. The maximum absolute atomic E-state index is 13.6. The fourth-order valence-corrected chi connectivity index (χ4v) is 7.77. The number of aliphatic hydroxyl groups excluding tert-OH is 4. The fraction of sp³-hybridized carbons (Fsp3) is 0.786. The van der Waals surface area contributed by atoms with Gasteiger partial charge in [0.05, 0.1) is 6.61 Å². The van der Waals surface area contributed by atoms with Crippen LogP contribution in [0.15, 0.2) is 18.2 Å². The van der Waals surface area contributed by atoms with E-state index in [0.29, 0.717) is 37.2 Å². The van der Waals surface area contributed by atoms with Gasteiger partial charge in [-0.2, -0.15) is 18.1 Å². The van der Waals surface area contributed by atoms with Gasteiger partial charge in [0, 0.05) is 10.9 Å². The van der Waals surface area contributed by atoms with Crippen molar-refractivity contribution >= 4 is 11.6 Å². The molecule has 0 amide bonds. The van der Waals surface area contributed by atoms with Gasteiger partial charge in [0.25, 0.3) is 5.79 Å². The minimum Gasteiger partial charge on any atom is -0.462 e. The molecule has 41 heavy (non-hydrogen) atoms. The second-order valence-electron chi connectivity index (χ2n) is 11.7. The molecular formula is C28H38ClF3O9. The highest BCUT2D eigenvalue weighted by Gasteiger charge is 2.75. The van der Waals surface area contributed by atoms with Crippen LogP contribution < -0.4 is 4.74 Å². The van der Waals surface area contributed by atoms with Crippen LogP contribution in [0.5, 0.6) is 5.75 Å². The smallest absolute Gasteiger partial charge is 0.411 e. The summed E-state index contributed by atoms with van der Waals surface area (Å²) in [7, 11) is 0. The summed E-state index contributed by atoms with van der Waals surface area (Å²) in [5.41, 5.74) is -0.371. The van der Waals surface area contributed by atoms with Crippen molar-refractivity contribution in [3.63, 3.8) is 0 Å². The van der Waals surface area contributed by atoms with E-state index in [1.54, 1.807) is 12.1 Å². The number of hydrogen-bond donors (Lipinski definition) is 4. The lowest BCUT2D eigenvalue weighted by atomic mass is 9.54. The average Bonchev–Trinajstić information content (AvgIpc) is 2.91. The molecule has 4 fully saturated rings. The molecule has 9 nitrogen and oxygen atoms in total. The average molecular weight is 611 g/mol. The first-order valence-corrected chi connectivity index (χ1v) is 14.6. The number of rotatable bonds is 8. The van der Waals surface area contributed by atoms with E-state index in [-0.39, 0.29) is 28.5 Å². The summed E-state index contributed by atoms with van der Waals surface area (Å²) in [4.78, 5) is 11.6. The molecule has 13 heteroatoms. The van der Waals surface area contributed by atoms with Crippen molar-refractivity contribution in [2.75, 3.05) is 13.2 Å². The number of aliphatic hydroxyl groups is 4.